The number of esters is 2. The van der Waals surface area contributed by atoms with Gasteiger partial charge in [0, 0.05) is 5.57 Å². The van der Waals surface area contributed by atoms with Gasteiger partial charge in [-0.1, -0.05) is 27.4 Å². The third-order valence-corrected chi connectivity index (χ3v) is 3.00. The molecule has 0 N–H and O–H groups in total. The van der Waals surface area contributed by atoms with Gasteiger partial charge >= 0.3 is 29.9 Å². The number of carbonyl (C=O) groups excluding carboxylic acids is 2. The van der Waals surface area contributed by atoms with Gasteiger partial charge in [0.25, 0.3) is 0 Å². The topological polar surface area (TPSA) is 52.6 Å². The molecule has 0 spiro atoms. The zero-order valence-electron chi connectivity index (χ0n) is 13.5. The molecule has 0 bridgehead atoms. The molecule has 0 aromatic heterocycles. The molecule has 0 aromatic carbocycles. The zero-order chi connectivity index (χ0) is 19.5. The van der Waals surface area contributed by atoms with E-state index in [1.54, 1.807) is 0 Å². The third-order valence-electron chi connectivity index (χ3n) is 3.00. The molecule has 0 aliphatic rings. The van der Waals surface area contributed by atoms with E-state index in [0.29, 0.717) is 0 Å². The van der Waals surface area contributed by atoms with Crippen molar-refractivity contribution in [3.05, 3.63) is 12.2 Å². The van der Waals surface area contributed by atoms with Crippen LogP contribution in [0, 0.1) is 5.92 Å². The van der Waals surface area contributed by atoms with Crippen LogP contribution in [0.1, 0.15) is 34.1 Å². The Balaban J connectivity index is 6.29. The van der Waals surface area contributed by atoms with E-state index < -0.39 is 53.9 Å². The zero-order valence-corrected chi connectivity index (χ0v) is 13.5. The summed E-state index contributed by atoms with van der Waals surface area (Å²) in [4.78, 5) is 22.9. The first-order valence-electron chi connectivity index (χ1n) is 6.84. The number of rotatable bonds is 6. The highest BCUT2D eigenvalue weighted by atomic mass is 19.4. The average molecular weight is 364 g/mol. The van der Waals surface area contributed by atoms with Gasteiger partial charge in [0.2, 0.25) is 0 Å². The Labute approximate surface area is 134 Å². The van der Waals surface area contributed by atoms with E-state index in [4.69, 9.17) is 0 Å². The monoisotopic (exact) mass is 364 g/mol. The highest BCUT2D eigenvalue weighted by Gasteiger charge is 2.79. The minimum atomic E-state index is -6.06. The molecule has 0 saturated carbocycles. The van der Waals surface area contributed by atoms with Gasteiger partial charge in [0.15, 0.2) is 6.10 Å². The number of hydrogen-bond donors (Lipinski definition) is 0. The Morgan fingerprint density at radius 1 is 1.04 bits per heavy atom. The van der Waals surface area contributed by atoms with E-state index in [1.807, 2.05) is 0 Å². The lowest BCUT2D eigenvalue weighted by atomic mass is 9.91. The van der Waals surface area contributed by atoms with Crippen LogP contribution in [0.3, 0.4) is 0 Å². The minimum absolute atomic E-state index is 0.401. The molecular weight excluding hydrogens is 346 g/mol. The van der Waals surface area contributed by atoms with Crippen molar-refractivity contribution in [2.45, 2.75) is 58.2 Å². The second-order valence-corrected chi connectivity index (χ2v) is 5.39. The highest BCUT2D eigenvalue weighted by Crippen LogP contribution is 2.50. The summed E-state index contributed by atoms with van der Waals surface area (Å²) in [6.45, 7) is 7.22. The van der Waals surface area contributed by atoms with E-state index in [9.17, 15) is 35.9 Å². The molecule has 140 valence electrons. The molecule has 0 aliphatic carbocycles. The van der Waals surface area contributed by atoms with Crippen molar-refractivity contribution in [2.24, 2.45) is 5.92 Å². The average Bonchev–Trinajstić information content (AvgIpc) is 2.38. The van der Waals surface area contributed by atoms with Crippen LogP contribution in [0.15, 0.2) is 12.2 Å². The van der Waals surface area contributed by atoms with Crippen molar-refractivity contribution in [1.82, 2.24) is 0 Å². The first kappa shape index (κ1) is 22.3. The van der Waals surface area contributed by atoms with Gasteiger partial charge in [-0.15, -0.1) is 0 Å². The predicted molar refractivity (Wildman–Crippen MR) is 70.8 cm³/mol. The van der Waals surface area contributed by atoms with E-state index in [0.717, 1.165) is 27.7 Å². The van der Waals surface area contributed by atoms with Gasteiger partial charge < -0.3 is 9.47 Å². The highest BCUT2D eigenvalue weighted by molar-refractivity contribution is 5.87. The summed E-state index contributed by atoms with van der Waals surface area (Å²) >= 11 is 0. The van der Waals surface area contributed by atoms with Crippen LogP contribution < -0.4 is 0 Å². The van der Waals surface area contributed by atoms with Gasteiger partial charge in [0.05, 0.1) is 5.92 Å². The van der Waals surface area contributed by atoms with Crippen molar-refractivity contribution < 1.29 is 45.4 Å². The number of carbonyl (C=O) groups is 2. The fourth-order valence-electron chi connectivity index (χ4n) is 1.67. The van der Waals surface area contributed by atoms with E-state index in [1.165, 1.54) is 0 Å². The quantitative estimate of drug-likeness (QED) is 0.407. The Hall–Kier alpha value is -1.74. The summed E-state index contributed by atoms with van der Waals surface area (Å²) in [5, 5.41) is 0. The number of hydrogen-bond acceptors (Lipinski definition) is 4. The molecule has 0 fully saturated rings. The maximum Gasteiger partial charge on any atom is 0.441 e. The molecule has 10 heteroatoms. The van der Waals surface area contributed by atoms with Crippen molar-refractivity contribution >= 4 is 11.9 Å². The second kappa shape index (κ2) is 7.43. The Morgan fingerprint density at radius 2 is 1.46 bits per heavy atom. The van der Waals surface area contributed by atoms with Crippen LogP contribution in [0.25, 0.3) is 0 Å². The lowest BCUT2D eigenvalue weighted by Gasteiger charge is -2.41. The van der Waals surface area contributed by atoms with Crippen LogP contribution in [-0.2, 0) is 19.1 Å². The van der Waals surface area contributed by atoms with Crippen molar-refractivity contribution in [3.63, 3.8) is 0 Å². The van der Waals surface area contributed by atoms with E-state index in [-0.39, 0.29) is 0 Å². The molecule has 24 heavy (non-hydrogen) atoms. The summed E-state index contributed by atoms with van der Waals surface area (Å²) in [5.74, 6) is -4.45. The molecule has 0 saturated heterocycles. The van der Waals surface area contributed by atoms with Gasteiger partial charge in [-0.3, -0.25) is 4.79 Å². The Morgan fingerprint density at radius 3 is 1.71 bits per heavy atom. The summed E-state index contributed by atoms with van der Waals surface area (Å²) in [7, 11) is 0. The lowest BCUT2D eigenvalue weighted by Crippen LogP contribution is -2.67. The van der Waals surface area contributed by atoms with Crippen LogP contribution in [-0.4, -0.2) is 36.0 Å². The van der Waals surface area contributed by atoms with Crippen LogP contribution >= 0.6 is 0 Å². The van der Waals surface area contributed by atoms with Gasteiger partial charge in [0.1, 0.15) is 0 Å². The van der Waals surface area contributed by atoms with Crippen LogP contribution in [0.2, 0.25) is 0 Å². The van der Waals surface area contributed by atoms with Crippen LogP contribution in [0.5, 0.6) is 0 Å². The number of halogens is 6. The Bertz CT molecular complexity index is 478. The molecule has 0 amide bonds. The molecular formula is C14H18F6O4. The standard InChI is InChI=1S/C14H18F6O4/c1-6-9(23-10(21)7(2)3)12(13(15,16)17,14(18,19)20)24-11(22)8(4)5/h8-9H,2,6H2,1,3-5H3. The maximum atomic E-state index is 13.4. The van der Waals surface area contributed by atoms with Gasteiger partial charge in [-0.25, -0.2) is 4.79 Å². The Kier molecular flexibility index (Phi) is 6.90. The smallest absolute Gasteiger partial charge is 0.441 e. The first-order valence-corrected chi connectivity index (χ1v) is 6.84. The van der Waals surface area contributed by atoms with Crippen LogP contribution in [0.4, 0.5) is 26.3 Å². The lowest BCUT2D eigenvalue weighted by molar-refractivity contribution is -0.392. The van der Waals surface area contributed by atoms with E-state index in [2.05, 4.69) is 16.1 Å². The van der Waals surface area contributed by atoms with Crippen molar-refractivity contribution in [1.29, 1.82) is 0 Å². The van der Waals surface area contributed by atoms with Crippen molar-refractivity contribution in [2.75, 3.05) is 0 Å². The molecule has 0 aliphatic heterocycles. The molecule has 0 radical (unpaired) electrons. The van der Waals surface area contributed by atoms with Gasteiger partial charge in [-0.05, 0) is 13.3 Å². The maximum absolute atomic E-state index is 13.4. The SMILES string of the molecule is C=C(C)C(=O)OC(CC)C(OC(=O)C(C)C)(C(F)(F)F)C(F)(F)F. The summed E-state index contributed by atoms with van der Waals surface area (Å²) in [6.07, 6.45) is -15.8. The molecule has 1 atom stereocenters. The molecule has 0 rings (SSSR count). The summed E-state index contributed by atoms with van der Waals surface area (Å²) < 4.78 is 88.4. The number of ether oxygens (including phenoxy) is 2. The summed E-state index contributed by atoms with van der Waals surface area (Å²) in [5.41, 5.74) is -5.37. The first-order chi connectivity index (χ1) is 10.6. The fourth-order valence-corrected chi connectivity index (χ4v) is 1.67. The minimum Gasteiger partial charge on any atom is -0.454 e. The molecule has 1 unspecified atom stereocenters. The van der Waals surface area contributed by atoms with Crippen molar-refractivity contribution in [3.8, 4) is 0 Å². The predicted octanol–water partition coefficient (Wildman–Crippen LogP) is 3.95. The molecule has 0 heterocycles. The van der Waals surface area contributed by atoms with Gasteiger partial charge in [-0.2, -0.15) is 26.3 Å². The molecule has 4 nitrogen and oxygen atoms in total. The largest absolute Gasteiger partial charge is 0.454 e. The second-order valence-electron chi connectivity index (χ2n) is 5.39. The molecule has 0 aromatic rings. The summed E-state index contributed by atoms with van der Waals surface area (Å²) in [6, 6.07) is 0. The van der Waals surface area contributed by atoms with E-state index >= 15 is 0 Å². The third kappa shape index (κ3) is 4.41. The normalized spacial score (nSPS) is 14.3. The fraction of sp³-hybridized carbons (Fsp3) is 0.714. The number of alkyl halides is 6.